The predicted molar refractivity (Wildman–Crippen MR) is 85.8 cm³/mol. The fraction of sp³-hybridized carbons (Fsp3) is 0.667. The minimum absolute atomic E-state index is 0.00926. The van der Waals surface area contributed by atoms with E-state index in [9.17, 15) is 13.2 Å². The van der Waals surface area contributed by atoms with E-state index < -0.39 is 15.1 Å². The van der Waals surface area contributed by atoms with Crippen molar-refractivity contribution >= 4 is 27.3 Å². The summed E-state index contributed by atoms with van der Waals surface area (Å²) in [7, 11) is -3.22. The molecule has 2 fully saturated rings. The van der Waals surface area contributed by atoms with Gasteiger partial charge in [0.05, 0.1) is 11.0 Å². The molecule has 1 saturated heterocycles. The lowest BCUT2D eigenvalue weighted by Gasteiger charge is -2.22. The standard InChI is InChI=1S/C15H21NO4S2/c17-15(20-12-4-1-2-5-12)16-8-7-14(13-6-3-10-21-13)22(18,19)11-9-16/h3,6,10,12,14H,1-2,4-5,7-9,11H2. The molecule has 0 bridgehead atoms. The summed E-state index contributed by atoms with van der Waals surface area (Å²) in [6.45, 7) is 0.670. The lowest BCUT2D eigenvalue weighted by Crippen LogP contribution is -2.35. The molecule has 1 aromatic rings. The van der Waals surface area contributed by atoms with Crippen molar-refractivity contribution in [3.8, 4) is 0 Å². The van der Waals surface area contributed by atoms with Gasteiger partial charge >= 0.3 is 6.09 Å². The summed E-state index contributed by atoms with van der Waals surface area (Å²) in [5.74, 6) is 0.00926. The highest BCUT2D eigenvalue weighted by atomic mass is 32.2. The molecule has 1 atom stereocenters. The van der Waals surface area contributed by atoms with Crippen LogP contribution in [0.1, 0.15) is 42.2 Å². The molecule has 0 radical (unpaired) electrons. The Balaban J connectivity index is 1.66. The SMILES string of the molecule is O=C(OC1CCCC1)N1CCC(c2cccs2)S(=O)(=O)CC1. The number of amides is 1. The summed E-state index contributed by atoms with van der Waals surface area (Å²) in [6, 6.07) is 3.73. The van der Waals surface area contributed by atoms with E-state index >= 15 is 0 Å². The molecule has 5 nitrogen and oxygen atoms in total. The number of hydrogen-bond acceptors (Lipinski definition) is 5. The molecule has 1 aromatic heterocycles. The van der Waals surface area contributed by atoms with Crippen LogP contribution in [0.3, 0.4) is 0 Å². The molecule has 3 rings (SSSR count). The van der Waals surface area contributed by atoms with Crippen molar-refractivity contribution < 1.29 is 17.9 Å². The van der Waals surface area contributed by atoms with Gasteiger partial charge in [0.1, 0.15) is 6.10 Å². The van der Waals surface area contributed by atoms with Gasteiger partial charge in [-0.25, -0.2) is 13.2 Å². The summed E-state index contributed by atoms with van der Waals surface area (Å²) in [4.78, 5) is 14.6. The fourth-order valence-electron chi connectivity index (χ4n) is 3.14. The molecule has 0 spiro atoms. The maximum atomic E-state index is 12.4. The molecule has 1 aliphatic heterocycles. The molecule has 2 aliphatic rings. The van der Waals surface area contributed by atoms with Gasteiger partial charge in [-0.3, -0.25) is 0 Å². The van der Waals surface area contributed by atoms with E-state index in [0.717, 1.165) is 30.6 Å². The second-order valence-corrected chi connectivity index (χ2v) is 9.22. The van der Waals surface area contributed by atoms with Crippen molar-refractivity contribution in [2.75, 3.05) is 18.8 Å². The number of hydrogen-bond donors (Lipinski definition) is 0. The molecular weight excluding hydrogens is 322 g/mol. The highest BCUT2D eigenvalue weighted by Crippen LogP contribution is 2.32. The van der Waals surface area contributed by atoms with Crippen LogP contribution >= 0.6 is 11.3 Å². The van der Waals surface area contributed by atoms with E-state index in [4.69, 9.17) is 4.74 Å². The van der Waals surface area contributed by atoms with E-state index in [0.29, 0.717) is 13.0 Å². The van der Waals surface area contributed by atoms with E-state index in [-0.39, 0.29) is 24.5 Å². The van der Waals surface area contributed by atoms with Crippen LogP contribution in [-0.4, -0.2) is 44.4 Å². The van der Waals surface area contributed by atoms with Crippen LogP contribution in [0.15, 0.2) is 17.5 Å². The van der Waals surface area contributed by atoms with Gasteiger partial charge in [-0.2, -0.15) is 0 Å². The fourth-order valence-corrected chi connectivity index (χ4v) is 6.15. The van der Waals surface area contributed by atoms with Gasteiger partial charge in [0, 0.05) is 18.0 Å². The molecular formula is C15H21NO4S2. The minimum Gasteiger partial charge on any atom is -0.446 e. The van der Waals surface area contributed by atoms with Gasteiger partial charge in [0.2, 0.25) is 0 Å². The zero-order valence-electron chi connectivity index (χ0n) is 12.4. The Kier molecular flexibility index (Phi) is 4.73. The molecule has 1 unspecified atom stereocenters. The van der Waals surface area contributed by atoms with Crippen molar-refractivity contribution in [1.82, 2.24) is 4.90 Å². The highest BCUT2D eigenvalue weighted by Gasteiger charge is 2.34. The second kappa shape index (κ2) is 6.58. The molecule has 1 aliphatic carbocycles. The van der Waals surface area contributed by atoms with Gasteiger partial charge in [-0.05, 0) is 43.6 Å². The van der Waals surface area contributed by atoms with Crippen LogP contribution in [0.25, 0.3) is 0 Å². The molecule has 7 heteroatoms. The Morgan fingerprint density at radius 3 is 2.68 bits per heavy atom. The Morgan fingerprint density at radius 1 is 1.23 bits per heavy atom. The van der Waals surface area contributed by atoms with Crippen molar-refractivity contribution in [1.29, 1.82) is 0 Å². The number of ether oxygens (including phenoxy) is 1. The average Bonchev–Trinajstić information content (AvgIpc) is 3.13. The van der Waals surface area contributed by atoms with Gasteiger partial charge < -0.3 is 9.64 Å². The Labute approximate surface area is 135 Å². The summed E-state index contributed by atoms with van der Waals surface area (Å²) in [6.07, 6.45) is 4.17. The molecule has 1 saturated carbocycles. The molecule has 0 N–H and O–H groups in total. The summed E-state index contributed by atoms with van der Waals surface area (Å²) in [5.41, 5.74) is 0. The van der Waals surface area contributed by atoms with Gasteiger partial charge in [-0.1, -0.05) is 6.07 Å². The number of carbonyl (C=O) groups excluding carboxylic acids is 1. The first-order valence-electron chi connectivity index (χ1n) is 7.77. The first kappa shape index (κ1) is 15.8. The van der Waals surface area contributed by atoms with E-state index in [1.165, 1.54) is 11.3 Å². The second-order valence-electron chi connectivity index (χ2n) is 5.94. The van der Waals surface area contributed by atoms with Crippen LogP contribution in [0.5, 0.6) is 0 Å². The van der Waals surface area contributed by atoms with Gasteiger partial charge in [0.25, 0.3) is 0 Å². The van der Waals surface area contributed by atoms with Crippen LogP contribution in [0, 0.1) is 0 Å². The summed E-state index contributed by atoms with van der Waals surface area (Å²) >= 11 is 1.46. The molecule has 1 amide bonds. The normalized spacial score (nSPS) is 25.8. The number of rotatable bonds is 2. The molecule has 0 aromatic carbocycles. The Bertz CT molecular complexity index is 605. The monoisotopic (exact) mass is 343 g/mol. The van der Waals surface area contributed by atoms with E-state index in [1.54, 1.807) is 4.90 Å². The van der Waals surface area contributed by atoms with Gasteiger partial charge in [-0.15, -0.1) is 11.3 Å². The third-order valence-corrected chi connectivity index (χ3v) is 7.67. The van der Waals surface area contributed by atoms with Crippen LogP contribution in [0.2, 0.25) is 0 Å². The lowest BCUT2D eigenvalue weighted by molar-refractivity contribution is 0.0671. The zero-order chi connectivity index (χ0) is 15.6. The molecule has 122 valence electrons. The third-order valence-electron chi connectivity index (χ3n) is 4.43. The quantitative estimate of drug-likeness (QED) is 0.828. The lowest BCUT2D eigenvalue weighted by atomic mass is 10.2. The van der Waals surface area contributed by atoms with Crippen LogP contribution in [0.4, 0.5) is 4.79 Å². The van der Waals surface area contributed by atoms with Crippen molar-refractivity contribution in [2.24, 2.45) is 0 Å². The Morgan fingerprint density at radius 2 is 2.00 bits per heavy atom. The topological polar surface area (TPSA) is 63.7 Å². The first-order valence-corrected chi connectivity index (χ1v) is 10.4. The van der Waals surface area contributed by atoms with Crippen molar-refractivity contribution in [2.45, 2.75) is 43.5 Å². The maximum Gasteiger partial charge on any atom is 0.410 e. The minimum atomic E-state index is -3.22. The van der Waals surface area contributed by atoms with Gasteiger partial charge in [0.15, 0.2) is 9.84 Å². The number of nitrogens with zero attached hydrogens (tertiary/aromatic N) is 1. The number of sulfone groups is 1. The average molecular weight is 343 g/mol. The Hall–Kier alpha value is -1.08. The van der Waals surface area contributed by atoms with Crippen molar-refractivity contribution in [3.05, 3.63) is 22.4 Å². The zero-order valence-corrected chi connectivity index (χ0v) is 14.1. The van der Waals surface area contributed by atoms with E-state index in [1.807, 2.05) is 17.5 Å². The maximum absolute atomic E-state index is 12.4. The number of carbonyl (C=O) groups is 1. The highest BCUT2D eigenvalue weighted by molar-refractivity contribution is 7.91. The molecule has 22 heavy (non-hydrogen) atoms. The number of thiophene rings is 1. The van der Waals surface area contributed by atoms with E-state index in [2.05, 4.69) is 0 Å². The van der Waals surface area contributed by atoms with Crippen LogP contribution in [-0.2, 0) is 14.6 Å². The summed E-state index contributed by atoms with van der Waals surface area (Å²) < 4.78 is 30.4. The predicted octanol–water partition coefficient (Wildman–Crippen LogP) is 2.99. The first-order chi connectivity index (χ1) is 10.6. The van der Waals surface area contributed by atoms with Crippen molar-refractivity contribution in [3.63, 3.8) is 0 Å². The largest absolute Gasteiger partial charge is 0.446 e. The smallest absolute Gasteiger partial charge is 0.410 e. The third kappa shape index (κ3) is 3.46. The molecule has 2 heterocycles. The van der Waals surface area contributed by atoms with Crippen LogP contribution < -0.4 is 0 Å². The summed E-state index contributed by atoms with van der Waals surface area (Å²) in [5, 5.41) is 1.40.